The zero-order chi connectivity index (χ0) is 15.1. The van der Waals surface area contributed by atoms with Crippen LogP contribution in [-0.2, 0) is 0 Å². The van der Waals surface area contributed by atoms with E-state index in [1.165, 1.54) is 13.3 Å². The van der Waals surface area contributed by atoms with Gasteiger partial charge in [-0.05, 0) is 30.3 Å². The third-order valence-electron chi connectivity index (χ3n) is 2.69. The van der Waals surface area contributed by atoms with Crippen LogP contribution in [-0.4, -0.2) is 24.5 Å². The molecule has 0 bridgehead atoms. The molecule has 1 heterocycles. The first-order chi connectivity index (χ1) is 10.2. The van der Waals surface area contributed by atoms with E-state index in [2.05, 4.69) is 22.1 Å². The smallest absolute Gasteiger partial charge is 0.255 e. The Bertz CT molecular complexity index is 667. The van der Waals surface area contributed by atoms with Gasteiger partial charge in [0.1, 0.15) is 0 Å². The summed E-state index contributed by atoms with van der Waals surface area (Å²) in [6.45, 7) is 0.312. The van der Waals surface area contributed by atoms with Gasteiger partial charge in [0.15, 0.2) is 0 Å². The summed E-state index contributed by atoms with van der Waals surface area (Å²) in [6, 6.07) is 10.4. The molecule has 0 unspecified atom stereocenters. The van der Waals surface area contributed by atoms with E-state index in [1.807, 2.05) is 0 Å². The van der Waals surface area contributed by atoms with Crippen LogP contribution in [0.4, 0.5) is 5.69 Å². The molecule has 0 fully saturated rings. The molecule has 0 aliphatic heterocycles. The average Bonchev–Trinajstić information content (AvgIpc) is 2.54. The molecule has 106 valence electrons. The lowest BCUT2D eigenvalue weighted by molar-refractivity contribution is 0.102. The summed E-state index contributed by atoms with van der Waals surface area (Å²) in [7, 11) is 1.54. The van der Waals surface area contributed by atoms with Crippen molar-refractivity contribution in [3.8, 4) is 17.7 Å². The number of hydrogen-bond acceptors (Lipinski definition) is 4. The van der Waals surface area contributed by atoms with Gasteiger partial charge >= 0.3 is 0 Å². The number of carbonyl (C=O) groups is 1. The van der Waals surface area contributed by atoms with Crippen LogP contribution in [0.3, 0.4) is 0 Å². The standard InChI is InChI=1S/C16H15N3O2/c1-21-15-9-8-14(11-18-15)19-16(20)13-6-4-12(5-7-13)3-2-10-17/h4-9,11H,10,17H2,1H3,(H,19,20). The second-order valence-electron chi connectivity index (χ2n) is 4.13. The Labute approximate surface area is 123 Å². The quantitative estimate of drug-likeness (QED) is 0.839. The Hall–Kier alpha value is -2.84. The van der Waals surface area contributed by atoms with Crippen LogP contribution >= 0.6 is 0 Å². The van der Waals surface area contributed by atoms with Gasteiger partial charge in [-0.15, -0.1) is 0 Å². The molecule has 2 aromatic rings. The van der Waals surface area contributed by atoms with Crippen LogP contribution in [0.2, 0.25) is 0 Å². The van der Waals surface area contributed by atoms with Gasteiger partial charge in [-0.3, -0.25) is 4.79 Å². The van der Waals surface area contributed by atoms with Crippen molar-refractivity contribution < 1.29 is 9.53 Å². The Morgan fingerprint density at radius 1 is 1.29 bits per heavy atom. The Balaban J connectivity index is 2.05. The highest BCUT2D eigenvalue weighted by Gasteiger charge is 2.06. The van der Waals surface area contributed by atoms with E-state index in [9.17, 15) is 4.79 Å². The Morgan fingerprint density at radius 2 is 2.05 bits per heavy atom. The number of benzene rings is 1. The number of anilines is 1. The normalized spacial score (nSPS) is 9.43. The Morgan fingerprint density at radius 3 is 2.62 bits per heavy atom. The molecule has 0 radical (unpaired) electrons. The summed E-state index contributed by atoms with van der Waals surface area (Å²) in [5.74, 6) is 5.95. The maximum Gasteiger partial charge on any atom is 0.255 e. The van der Waals surface area contributed by atoms with Crippen molar-refractivity contribution in [2.24, 2.45) is 5.73 Å². The van der Waals surface area contributed by atoms with Crippen LogP contribution in [0, 0.1) is 11.8 Å². The van der Waals surface area contributed by atoms with E-state index >= 15 is 0 Å². The molecule has 5 nitrogen and oxygen atoms in total. The highest BCUT2D eigenvalue weighted by Crippen LogP contribution is 2.12. The van der Waals surface area contributed by atoms with Gasteiger partial charge in [-0.2, -0.15) is 0 Å². The van der Waals surface area contributed by atoms with E-state index in [-0.39, 0.29) is 5.91 Å². The van der Waals surface area contributed by atoms with E-state index in [0.717, 1.165) is 5.56 Å². The summed E-state index contributed by atoms with van der Waals surface area (Å²) < 4.78 is 4.96. The summed E-state index contributed by atoms with van der Waals surface area (Å²) in [5.41, 5.74) is 7.28. The fourth-order valence-corrected chi connectivity index (χ4v) is 1.64. The highest BCUT2D eigenvalue weighted by atomic mass is 16.5. The van der Waals surface area contributed by atoms with Gasteiger partial charge in [0.2, 0.25) is 5.88 Å². The van der Waals surface area contributed by atoms with Crippen LogP contribution in [0.15, 0.2) is 42.6 Å². The monoisotopic (exact) mass is 281 g/mol. The Kier molecular flexibility index (Phi) is 4.91. The number of ether oxygens (including phenoxy) is 1. The molecule has 21 heavy (non-hydrogen) atoms. The number of nitrogens with two attached hydrogens (primary N) is 1. The average molecular weight is 281 g/mol. The molecule has 0 saturated heterocycles. The van der Waals surface area contributed by atoms with Gasteiger partial charge in [-0.1, -0.05) is 11.8 Å². The van der Waals surface area contributed by atoms with Crippen molar-refractivity contribution in [2.45, 2.75) is 0 Å². The fraction of sp³-hybridized carbons (Fsp3) is 0.125. The third kappa shape index (κ3) is 4.06. The molecule has 0 aliphatic carbocycles. The number of nitrogens with one attached hydrogen (secondary N) is 1. The molecule has 0 spiro atoms. The van der Waals surface area contributed by atoms with Crippen molar-refractivity contribution in [1.82, 2.24) is 4.98 Å². The minimum atomic E-state index is -0.208. The second-order valence-corrected chi connectivity index (χ2v) is 4.13. The second kappa shape index (κ2) is 7.08. The number of carbonyl (C=O) groups excluding carboxylic acids is 1. The predicted molar refractivity (Wildman–Crippen MR) is 81.1 cm³/mol. The number of nitrogens with zero attached hydrogens (tertiary/aromatic N) is 1. The van der Waals surface area contributed by atoms with Crippen molar-refractivity contribution in [3.05, 3.63) is 53.7 Å². The molecule has 0 atom stereocenters. The van der Waals surface area contributed by atoms with Crippen LogP contribution in [0.25, 0.3) is 0 Å². The van der Waals surface area contributed by atoms with Gasteiger partial charge in [0, 0.05) is 17.2 Å². The number of hydrogen-bond donors (Lipinski definition) is 2. The van der Waals surface area contributed by atoms with Gasteiger partial charge < -0.3 is 15.8 Å². The number of rotatable bonds is 3. The first kappa shape index (κ1) is 14.6. The molecular weight excluding hydrogens is 266 g/mol. The van der Waals surface area contributed by atoms with Gasteiger partial charge in [0.25, 0.3) is 5.91 Å². The van der Waals surface area contributed by atoms with Crippen molar-refractivity contribution in [1.29, 1.82) is 0 Å². The first-order valence-electron chi connectivity index (χ1n) is 6.33. The number of methoxy groups -OCH3 is 1. The van der Waals surface area contributed by atoms with Gasteiger partial charge in [-0.25, -0.2) is 4.98 Å². The lowest BCUT2D eigenvalue weighted by Gasteiger charge is -2.05. The summed E-state index contributed by atoms with van der Waals surface area (Å²) in [5, 5.41) is 2.76. The number of aromatic nitrogens is 1. The van der Waals surface area contributed by atoms with E-state index in [0.29, 0.717) is 23.7 Å². The molecule has 5 heteroatoms. The summed E-state index contributed by atoms with van der Waals surface area (Å²) in [4.78, 5) is 16.1. The number of amides is 1. The van der Waals surface area contributed by atoms with Gasteiger partial charge in [0.05, 0.1) is 25.5 Å². The SMILES string of the molecule is COc1ccc(NC(=O)c2ccc(C#CCN)cc2)cn1. The lowest BCUT2D eigenvalue weighted by Crippen LogP contribution is -2.11. The molecule has 1 amide bonds. The predicted octanol–water partition coefficient (Wildman–Crippen LogP) is 1.65. The maximum absolute atomic E-state index is 12.1. The van der Waals surface area contributed by atoms with Crippen LogP contribution in [0.5, 0.6) is 5.88 Å². The lowest BCUT2D eigenvalue weighted by atomic mass is 10.1. The molecule has 0 saturated carbocycles. The molecule has 0 aliphatic rings. The minimum absolute atomic E-state index is 0.208. The highest BCUT2D eigenvalue weighted by molar-refractivity contribution is 6.04. The minimum Gasteiger partial charge on any atom is -0.481 e. The van der Waals surface area contributed by atoms with Crippen LogP contribution in [0.1, 0.15) is 15.9 Å². The van der Waals surface area contributed by atoms with Crippen molar-refractivity contribution in [2.75, 3.05) is 19.0 Å². The molecular formula is C16H15N3O2. The zero-order valence-electron chi connectivity index (χ0n) is 11.6. The van der Waals surface area contributed by atoms with E-state index in [4.69, 9.17) is 10.5 Å². The zero-order valence-corrected chi connectivity index (χ0v) is 11.6. The van der Waals surface area contributed by atoms with E-state index in [1.54, 1.807) is 36.4 Å². The van der Waals surface area contributed by atoms with Crippen molar-refractivity contribution in [3.63, 3.8) is 0 Å². The molecule has 1 aromatic heterocycles. The first-order valence-corrected chi connectivity index (χ1v) is 6.33. The summed E-state index contributed by atoms with van der Waals surface area (Å²) >= 11 is 0. The fourth-order valence-electron chi connectivity index (χ4n) is 1.64. The van der Waals surface area contributed by atoms with E-state index < -0.39 is 0 Å². The topological polar surface area (TPSA) is 77.2 Å². The van der Waals surface area contributed by atoms with Crippen molar-refractivity contribution >= 4 is 11.6 Å². The molecule has 3 N–H and O–H groups in total. The number of pyridine rings is 1. The molecule has 1 aromatic carbocycles. The third-order valence-corrected chi connectivity index (χ3v) is 2.69. The maximum atomic E-state index is 12.1. The largest absolute Gasteiger partial charge is 0.481 e. The molecule has 2 rings (SSSR count). The summed E-state index contributed by atoms with van der Waals surface area (Å²) in [6.07, 6.45) is 1.54. The van der Waals surface area contributed by atoms with Crippen LogP contribution < -0.4 is 15.8 Å².